The van der Waals surface area contributed by atoms with Gasteiger partial charge in [0.2, 0.25) is 0 Å². The summed E-state index contributed by atoms with van der Waals surface area (Å²) in [5.74, 6) is 0.147. The first kappa shape index (κ1) is 12.1. The summed E-state index contributed by atoms with van der Waals surface area (Å²) >= 11 is 1.63. The molecule has 1 aromatic carbocycles. The highest BCUT2D eigenvalue weighted by molar-refractivity contribution is 7.98. The molecule has 1 aromatic rings. The van der Waals surface area contributed by atoms with Gasteiger partial charge in [0, 0.05) is 4.90 Å². The molecule has 0 bridgehead atoms. The van der Waals surface area contributed by atoms with Gasteiger partial charge in [-0.25, -0.2) is 4.79 Å². The summed E-state index contributed by atoms with van der Waals surface area (Å²) in [5.41, 5.74) is 1.80. The maximum absolute atomic E-state index is 11.4. The van der Waals surface area contributed by atoms with E-state index in [-0.39, 0.29) is 5.97 Å². The summed E-state index contributed by atoms with van der Waals surface area (Å²) in [6, 6.07) is 5.88. The molecule has 0 aromatic heterocycles. The van der Waals surface area contributed by atoms with E-state index in [1.54, 1.807) is 11.8 Å². The first-order valence-corrected chi connectivity index (χ1v) is 6.08. The van der Waals surface area contributed by atoms with Gasteiger partial charge >= 0.3 is 5.97 Å². The number of carbonyl (C=O) groups excluding carboxylic acids is 1. The standard InChI is InChI=1S/C12H16O2S/c1-8(2)9-5-10(12(13)14-3)7-11(6-9)15-4/h5-8H,1-4H3. The van der Waals surface area contributed by atoms with E-state index >= 15 is 0 Å². The summed E-state index contributed by atoms with van der Waals surface area (Å²) in [7, 11) is 1.41. The van der Waals surface area contributed by atoms with Crippen molar-refractivity contribution in [2.75, 3.05) is 13.4 Å². The lowest BCUT2D eigenvalue weighted by atomic mass is 10.0. The summed E-state index contributed by atoms with van der Waals surface area (Å²) in [6.07, 6.45) is 2.00. The fourth-order valence-corrected chi connectivity index (χ4v) is 1.81. The third-order valence-electron chi connectivity index (χ3n) is 2.25. The van der Waals surface area contributed by atoms with Crippen LogP contribution in [0.3, 0.4) is 0 Å². The lowest BCUT2D eigenvalue weighted by molar-refractivity contribution is 0.0600. The van der Waals surface area contributed by atoms with Crippen LogP contribution in [0.25, 0.3) is 0 Å². The molecule has 0 aliphatic carbocycles. The molecular weight excluding hydrogens is 208 g/mol. The Kier molecular flexibility index (Phi) is 4.21. The van der Waals surface area contributed by atoms with Crippen LogP contribution >= 0.6 is 11.8 Å². The van der Waals surface area contributed by atoms with Gasteiger partial charge in [0.25, 0.3) is 0 Å². The van der Waals surface area contributed by atoms with Crippen LogP contribution in [0, 0.1) is 0 Å². The van der Waals surface area contributed by atoms with Gasteiger partial charge in [0.15, 0.2) is 0 Å². The first-order chi connectivity index (χ1) is 7.08. The van der Waals surface area contributed by atoms with Gasteiger partial charge in [-0.3, -0.25) is 0 Å². The molecule has 1 rings (SSSR count). The van der Waals surface area contributed by atoms with Gasteiger partial charge in [-0.05, 0) is 35.9 Å². The zero-order chi connectivity index (χ0) is 11.4. The highest BCUT2D eigenvalue weighted by atomic mass is 32.2. The predicted octanol–water partition coefficient (Wildman–Crippen LogP) is 3.32. The summed E-state index contributed by atoms with van der Waals surface area (Å²) < 4.78 is 4.72. The minimum Gasteiger partial charge on any atom is -0.465 e. The number of rotatable bonds is 3. The van der Waals surface area contributed by atoms with Gasteiger partial charge in [0.1, 0.15) is 0 Å². The van der Waals surface area contributed by atoms with E-state index < -0.39 is 0 Å². The number of benzene rings is 1. The van der Waals surface area contributed by atoms with Crippen molar-refractivity contribution in [1.29, 1.82) is 0 Å². The highest BCUT2D eigenvalue weighted by Crippen LogP contribution is 2.24. The van der Waals surface area contributed by atoms with Gasteiger partial charge in [0.05, 0.1) is 12.7 Å². The molecule has 3 heteroatoms. The van der Waals surface area contributed by atoms with Crippen molar-refractivity contribution in [2.45, 2.75) is 24.7 Å². The molecule has 0 radical (unpaired) electrons. The van der Waals surface area contributed by atoms with E-state index in [2.05, 4.69) is 19.9 Å². The van der Waals surface area contributed by atoms with Crippen molar-refractivity contribution in [2.24, 2.45) is 0 Å². The molecule has 15 heavy (non-hydrogen) atoms. The molecule has 0 unspecified atom stereocenters. The quantitative estimate of drug-likeness (QED) is 0.582. The SMILES string of the molecule is COC(=O)c1cc(SC)cc(C(C)C)c1. The van der Waals surface area contributed by atoms with Crippen LogP contribution in [0.4, 0.5) is 0 Å². The van der Waals surface area contributed by atoms with Gasteiger partial charge in [-0.2, -0.15) is 0 Å². The lowest BCUT2D eigenvalue weighted by Crippen LogP contribution is -2.03. The van der Waals surface area contributed by atoms with Crippen LogP contribution in [0.5, 0.6) is 0 Å². The number of esters is 1. The predicted molar refractivity (Wildman–Crippen MR) is 63.7 cm³/mol. The second-order valence-electron chi connectivity index (χ2n) is 3.64. The Balaban J connectivity index is 3.17. The number of methoxy groups -OCH3 is 1. The smallest absolute Gasteiger partial charge is 0.337 e. The maximum atomic E-state index is 11.4. The van der Waals surface area contributed by atoms with Crippen LogP contribution in [0.2, 0.25) is 0 Å². The Labute approximate surface area is 95.0 Å². The topological polar surface area (TPSA) is 26.3 Å². The third kappa shape index (κ3) is 2.99. The van der Waals surface area contributed by atoms with E-state index in [0.29, 0.717) is 11.5 Å². The van der Waals surface area contributed by atoms with E-state index in [4.69, 9.17) is 4.74 Å². The third-order valence-corrected chi connectivity index (χ3v) is 2.96. The zero-order valence-corrected chi connectivity index (χ0v) is 10.4. The Morgan fingerprint density at radius 3 is 2.47 bits per heavy atom. The zero-order valence-electron chi connectivity index (χ0n) is 9.53. The molecule has 0 atom stereocenters. The summed E-state index contributed by atoms with van der Waals surface area (Å²) in [6.45, 7) is 4.22. The highest BCUT2D eigenvalue weighted by Gasteiger charge is 2.10. The number of ether oxygens (including phenoxy) is 1. The van der Waals surface area contributed by atoms with E-state index in [1.807, 2.05) is 18.4 Å². The second kappa shape index (κ2) is 5.21. The molecule has 0 heterocycles. The average molecular weight is 224 g/mol. The minimum atomic E-state index is -0.271. The molecule has 2 nitrogen and oxygen atoms in total. The molecule has 82 valence electrons. The first-order valence-electron chi connectivity index (χ1n) is 4.85. The summed E-state index contributed by atoms with van der Waals surface area (Å²) in [5, 5.41) is 0. The van der Waals surface area contributed by atoms with Crippen molar-refractivity contribution in [3.63, 3.8) is 0 Å². The molecule has 0 aliphatic rings. The normalized spacial score (nSPS) is 10.5. The van der Waals surface area contributed by atoms with Crippen LogP contribution in [-0.4, -0.2) is 19.3 Å². The fraction of sp³-hybridized carbons (Fsp3) is 0.417. The van der Waals surface area contributed by atoms with E-state index in [0.717, 1.165) is 4.90 Å². The van der Waals surface area contributed by atoms with Crippen LogP contribution < -0.4 is 0 Å². The molecule has 0 saturated carbocycles. The largest absolute Gasteiger partial charge is 0.465 e. The molecule has 0 N–H and O–H groups in total. The van der Waals surface area contributed by atoms with Crippen molar-refractivity contribution < 1.29 is 9.53 Å². The molecule has 0 amide bonds. The van der Waals surface area contributed by atoms with Crippen LogP contribution in [0.15, 0.2) is 23.1 Å². The van der Waals surface area contributed by atoms with Crippen molar-refractivity contribution in [3.05, 3.63) is 29.3 Å². The lowest BCUT2D eigenvalue weighted by Gasteiger charge is -2.09. The van der Waals surface area contributed by atoms with E-state index in [1.165, 1.54) is 12.7 Å². The Hall–Kier alpha value is -0.960. The van der Waals surface area contributed by atoms with Crippen LogP contribution in [-0.2, 0) is 4.74 Å². The number of carbonyl (C=O) groups is 1. The van der Waals surface area contributed by atoms with Crippen molar-refractivity contribution in [3.8, 4) is 0 Å². The molecule has 0 saturated heterocycles. The molecule has 0 aliphatic heterocycles. The average Bonchev–Trinajstić information content (AvgIpc) is 2.27. The van der Waals surface area contributed by atoms with E-state index in [9.17, 15) is 4.79 Å². The Morgan fingerprint density at radius 1 is 1.33 bits per heavy atom. The summed E-state index contributed by atoms with van der Waals surface area (Å²) in [4.78, 5) is 12.5. The Bertz CT molecular complexity index is 359. The van der Waals surface area contributed by atoms with Crippen molar-refractivity contribution in [1.82, 2.24) is 0 Å². The minimum absolute atomic E-state index is 0.271. The molecular formula is C12H16O2S. The Morgan fingerprint density at radius 2 is 2.00 bits per heavy atom. The van der Waals surface area contributed by atoms with Gasteiger partial charge in [-0.1, -0.05) is 13.8 Å². The number of hydrogen-bond donors (Lipinski definition) is 0. The van der Waals surface area contributed by atoms with Gasteiger partial charge in [-0.15, -0.1) is 11.8 Å². The van der Waals surface area contributed by atoms with Gasteiger partial charge < -0.3 is 4.74 Å². The number of thioether (sulfide) groups is 1. The monoisotopic (exact) mass is 224 g/mol. The number of hydrogen-bond acceptors (Lipinski definition) is 3. The second-order valence-corrected chi connectivity index (χ2v) is 4.52. The maximum Gasteiger partial charge on any atom is 0.337 e. The fourth-order valence-electron chi connectivity index (χ4n) is 1.31. The van der Waals surface area contributed by atoms with Crippen LogP contribution in [0.1, 0.15) is 35.7 Å². The molecule has 0 spiro atoms. The van der Waals surface area contributed by atoms with Crippen molar-refractivity contribution >= 4 is 17.7 Å². The molecule has 0 fully saturated rings.